The number of hydrogen-bond donors (Lipinski definition) is 1. The van der Waals surface area contributed by atoms with Crippen LogP contribution < -0.4 is 0 Å². The number of hydrogen-bond acceptors (Lipinski definition) is 3. The summed E-state index contributed by atoms with van der Waals surface area (Å²) in [5, 5.41) is 19.9. The molecule has 0 bridgehead atoms. The minimum absolute atomic E-state index is 0.330. The molecule has 1 aromatic rings. The highest BCUT2D eigenvalue weighted by atomic mass is 16.4. The Bertz CT molecular complexity index is 371. The van der Waals surface area contributed by atoms with E-state index < -0.39 is 0 Å². The topological polar surface area (TPSA) is 61.3 Å². The number of nitrogens with zero attached hydrogens (tertiary/aromatic N) is 3. The van der Waals surface area contributed by atoms with E-state index >= 15 is 0 Å². The van der Waals surface area contributed by atoms with Gasteiger partial charge in [-0.1, -0.05) is 5.16 Å². The highest BCUT2D eigenvalue weighted by Gasteiger charge is 2.06. The molecule has 0 fully saturated rings. The molecule has 0 aliphatic heterocycles. The maximum atomic E-state index is 8.55. The Morgan fingerprint density at radius 1 is 1.69 bits per heavy atom. The third-order valence-electron chi connectivity index (χ3n) is 2.04. The lowest BCUT2D eigenvalue weighted by molar-refractivity contribution is 0.322. The van der Waals surface area contributed by atoms with Gasteiger partial charge in [-0.05, 0) is 19.9 Å². The normalized spacial score (nSPS) is 10.5. The summed E-state index contributed by atoms with van der Waals surface area (Å²) in [6, 6.07) is 3.96. The number of rotatable bonds is 2. The van der Waals surface area contributed by atoms with Crippen LogP contribution in [0.25, 0.3) is 0 Å². The molecule has 1 rings (SSSR count). The van der Waals surface area contributed by atoms with Crippen LogP contribution in [-0.4, -0.2) is 16.0 Å². The van der Waals surface area contributed by atoms with E-state index in [1.165, 1.54) is 6.21 Å². The molecule has 0 saturated heterocycles. The summed E-state index contributed by atoms with van der Waals surface area (Å²) in [4.78, 5) is 0. The molecule has 0 unspecified atom stereocenters. The Labute approximate surface area is 76.7 Å². The molecule has 0 amide bonds. The van der Waals surface area contributed by atoms with Gasteiger partial charge in [-0.3, -0.25) is 0 Å². The molecular formula is C9H11N3O. The van der Waals surface area contributed by atoms with Crippen LogP contribution >= 0.6 is 0 Å². The van der Waals surface area contributed by atoms with E-state index in [1.807, 2.05) is 24.5 Å². The first-order chi connectivity index (χ1) is 6.20. The van der Waals surface area contributed by atoms with Crippen molar-refractivity contribution < 1.29 is 5.21 Å². The summed E-state index contributed by atoms with van der Waals surface area (Å²) in [5.74, 6) is 0. The second-order valence-corrected chi connectivity index (χ2v) is 2.82. The molecule has 13 heavy (non-hydrogen) atoms. The van der Waals surface area contributed by atoms with Crippen LogP contribution in [0.3, 0.4) is 0 Å². The molecule has 1 heterocycles. The van der Waals surface area contributed by atoms with Gasteiger partial charge in [0.05, 0.1) is 12.3 Å². The lowest BCUT2D eigenvalue weighted by atomic mass is 10.3. The first kappa shape index (κ1) is 9.33. The SMILES string of the molecule is Cc1cc(/C=N/O)c(C)n1CC#N. The number of aryl methyl sites for hydroxylation is 1. The van der Waals surface area contributed by atoms with E-state index in [-0.39, 0.29) is 0 Å². The van der Waals surface area contributed by atoms with Crippen molar-refractivity contribution in [2.24, 2.45) is 5.16 Å². The number of nitriles is 1. The van der Waals surface area contributed by atoms with Gasteiger partial charge in [0.25, 0.3) is 0 Å². The van der Waals surface area contributed by atoms with Crippen molar-refractivity contribution in [3.8, 4) is 6.07 Å². The minimum atomic E-state index is 0.330. The van der Waals surface area contributed by atoms with E-state index in [4.69, 9.17) is 10.5 Å². The smallest absolute Gasteiger partial charge is 0.110 e. The Morgan fingerprint density at radius 2 is 2.38 bits per heavy atom. The lowest BCUT2D eigenvalue weighted by Gasteiger charge is -2.02. The van der Waals surface area contributed by atoms with Crippen molar-refractivity contribution in [2.45, 2.75) is 20.4 Å². The molecule has 1 N–H and O–H groups in total. The molecule has 0 atom stereocenters. The van der Waals surface area contributed by atoms with E-state index in [0.717, 1.165) is 17.0 Å². The summed E-state index contributed by atoms with van der Waals surface area (Å²) in [5.41, 5.74) is 2.78. The number of aromatic nitrogens is 1. The van der Waals surface area contributed by atoms with Gasteiger partial charge in [-0.15, -0.1) is 0 Å². The van der Waals surface area contributed by atoms with E-state index in [9.17, 15) is 0 Å². The standard InChI is InChI=1S/C9H11N3O/c1-7-5-9(6-11-13)8(2)12(7)4-3-10/h5-6,13H,4H2,1-2H3/b11-6+. The van der Waals surface area contributed by atoms with Crippen molar-refractivity contribution in [3.63, 3.8) is 0 Å². The third kappa shape index (κ3) is 1.70. The zero-order valence-electron chi connectivity index (χ0n) is 7.65. The fraction of sp³-hybridized carbons (Fsp3) is 0.333. The Kier molecular flexibility index (Phi) is 2.70. The molecule has 0 aliphatic rings. The van der Waals surface area contributed by atoms with Gasteiger partial charge >= 0.3 is 0 Å². The first-order valence-corrected chi connectivity index (χ1v) is 3.91. The van der Waals surface area contributed by atoms with Gasteiger partial charge in [-0.25, -0.2) is 0 Å². The Morgan fingerprint density at radius 3 is 2.92 bits per heavy atom. The lowest BCUT2D eigenvalue weighted by Crippen LogP contribution is -2.00. The summed E-state index contributed by atoms with van der Waals surface area (Å²) in [6.45, 7) is 4.14. The van der Waals surface area contributed by atoms with Gasteiger partial charge in [0, 0.05) is 17.0 Å². The van der Waals surface area contributed by atoms with Crippen molar-refractivity contribution in [2.75, 3.05) is 0 Å². The Balaban J connectivity index is 3.15. The van der Waals surface area contributed by atoms with Crippen LogP contribution in [0.1, 0.15) is 17.0 Å². The average molecular weight is 177 g/mol. The zero-order valence-corrected chi connectivity index (χ0v) is 7.65. The summed E-state index contributed by atoms with van der Waals surface area (Å²) in [7, 11) is 0. The molecule has 4 heteroatoms. The van der Waals surface area contributed by atoms with E-state index in [0.29, 0.717) is 6.54 Å². The van der Waals surface area contributed by atoms with Crippen LogP contribution in [-0.2, 0) is 6.54 Å². The molecule has 0 aromatic carbocycles. The highest BCUT2D eigenvalue weighted by Crippen LogP contribution is 2.12. The van der Waals surface area contributed by atoms with E-state index in [1.54, 1.807) is 0 Å². The van der Waals surface area contributed by atoms with E-state index in [2.05, 4.69) is 11.2 Å². The fourth-order valence-corrected chi connectivity index (χ4v) is 1.33. The molecule has 1 aromatic heterocycles. The highest BCUT2D eigenvalue weighted by molar-refractivity contribution is 5.81. The van der Waals surface area contributed by atoms with Crippen LogP contribution in [0.5, 0.6) is 0 Å². The predicted octanol–water partition coefficient (Wildman–Crippen LogP) is 1.44. The van der Waals surface area contributed by atoms with Crippen LogP contribution in [0.4, 0.5) is 0 Å². The Hall–Kier alpha value is -1.76. The molecular weight excluding hydrogens is 166 g/mol. The molecule has 0 aliphatic carbocycles. The summed E-state index contributed by atoms with van der Waals surface area (Å²) >= 11 is 0. The largest absolute Gasteiger partial charge is 0.411 e. The summed E-state index contributed by atoms with van der Waals surface area (Å²) < 4.78 is 1.87. The second-order valence-electron chi connectivity index (χ2n) is 2.82. The minimum Gasteiger partial charge on any atom is -0.411 e. The molecule has 68 valence electrons. The quantitative estimate of drug-likeness (QED) is 0.422. The maximum absolute atomic E-state index is 8.55. The van der Waals surface area contributed by atoms with Crippen molar-refractivity contribution in [1.29, 1.82) is 5.26 Å². The summed E-state index contributed by atoms with van der Waals surface area (Å²) in [6.07, 6.45) is 1.37. The van der Waals surface area contributed by atoms with Crippen molar-refractivity contribution in [3.05, 3.63) is 23.0 Å². The maximum Gasteiger partial charge on any atom is 0.110 e. The molecule has 4 nitrogen and oxygen atoms in total. The monoisotopic (exact) mass is 177 g/mol. The van der Waals surface area contributed by atoms with Gasteiger partial charge < -0.3 is 9.77 Å². The molecule has 0 spiro atoms. The third-order valence-corrected chi connectivity index (χ3v) is 2.04. The zero-order chi connectivity index (χ0) is 9.84. The van der Waals surface area contributed by atoms with Gasteiger partial charge in [0.2, 0.25) is 0 Å². The van der Waals surface area contributed by atoms with Crippen LogP contribution in [0, 0.1) is 25.2 Å². The first-order valence-electron chi connectivity index (χ1n) is 3.91. The number of oxime groups is 1. The fourth-order valence-electron chi connectivity index (χ4n) is 1.33. The van der Waals surface area contributed by atoms with Gasteiger partial charge in [0.1, 0.15) is 6.54 Å². The average Bonchev–Trinajstić information content (AvgIpc) is 2.34. The second kappa shape index (κ2) is 3.76. The van der Waals surface area contributed by atoms with Crippen LogP contribution in [0.15, 0.2) is 11.2 Å². The molecule has 0 saturated carbocycles. The van der Waals surface area contributed by atoms with Crippen molar-refractivity contribution in [1.82, 2.24) is 4.57 Å². The molecule has 0 radical (unpaired) electrons. The van der Waals surface area contributed by atoms with Gasteiger partial charge in [-0.2, -0.15) is 5.26 Å². The van der Waals surface area contributed by atoms with Crippen LogP contribution in [0.2, 0.25) is 0 Å². The predicted molar refractivity (Wildman–Crippen MR) is 48.9 cm³/mol. The van der Waals surface area contributed by atoms with Gasteiger partial charge in [0.15, 0.2) is 0 Å². The van der Waals surface area contributed by atoms with Crippen molar-refractivity contribution >= 4 is 6.21 Å².